The first kappa shape index (κ1) is 18.1. The standard InChI is InChI=1S/C20H15ClN2O2S2/c1-23-18-8-4-5-9-19(18)26-20(23)16-6-2-3-7-17(16)22-27(24,25)15-12-10-14(21)11-13-15/h2-13H,1H3/b20-16-,22-17+. The van der Waals surface area contributed by atoms with Gasteiger partial charge < -0.3 is 4.90 Å². The Bertz CT molecular complexity index is 1130. The molecule has 1 aliphatic carbocycles. The molecule has 4 rings (SSSR count). The fourth-order valence-corrected chi connectivity index (χ4v) is 5.17. The van der Waals surface area contributed by atoms with Crippen LogP contribution in [-0.4, -0.2) is 21.2 Å². The fourth-order valence-electron chi connectivity index (χ4n) is 2.86. The van der Waals surface area contributed by atoms with Crippen molar-refractivity contribution in [3.8, 4) is 0 Å². The highest BCUT2D eigenvalue weighted by Crippen LogP contribution is 2.46. The van der Waals surface area contributed by atoms with Crippen LogP contribution in [0.25, 0.3) is 0 Å². The molecule has 0 spiro atoms. The van der Waals surface area contributed by atoms with Gasteiger partial charge in [0.1, 0.15) is 0 Å². The molecule has 1 aliphatic heterocycles. The first-order chi connectivity index (χ1) is 13.0. The molecular formula is C20H15ClN2O2S2. The third-order valence-electron chi connectivity index (χ3n) is 4.20. The van der Waals surface area contributed by atoms with Crippen molar-refractivity contribution in [2.45, 2.75) is 9.79 Å². The van der Waals surface area contributed by atoms with E-state index in [1.165, 1.54) is 12.1 Å². The number of allylic oxidation sites excluding steroid dienone is 5. The van der Waals surface area contributed by atoms with Gasteiger partial charge in [-0.2, -0.15) is 12.8 Å². The summed E-state index contributed by atoms with van der Waals surface area (Å²) in [7, 11) is -1.87. The van der Waals surface area contributed by atoms with Gasteiger partial charge in [0.15, 0.2) is 0 Å². The van der Waals surface area contributed by atoms with Crippen LogP contribution < -0.4 is 4.90 Å². The second-order valence-corrected chi connectivity index (χ2v) is 9.04. The number of anilines is 1. The Balaban J connectivity index is 1.79. The lowest BCUT2D eigenvalue weighted by atomic mass is 10.1. The van der Waals surface area contributed by atoms with E-state index in [4.69, 9.17) is 11.6 Å². The number of rotatable bonds is 2. The monoisotopic (exact) mass is 414 g/mol. The van der Waals surface area contributed by atoms with Gasteiger partial charge in [0, 0.05) is 22.5 Å². The zero-order valence-electron chi connectivity index (χ0n) is 14.3. The molecule has 2 aromatic rings. The SMILES string of the molecule is CN1/C(=C2\C=CC=C\C2=N/S(=O)(=O)c2ccc(Cl)cc2)Sc2ccccc21. The van der Waals surface area contributed by atoms with E-state index in [2.05, 4.69) is 9.30 Å². The lowest BCUT2D eigenvalue weighted by molar-refractivity contribution is 0.598. The van der Waals surface area contributed by atoms with E-state index in [0.29, 0.717) is 10.7 Å². The van der Waals surface area contributed by atoms with Crippen LogP contribution in [0, 0.1) is 0 Å². The minimum absolute atomic E-state index is 0.113. The highest BCUT2D eigenvalue weighted by atomic mass is 35.5. The number of hydrogen-bond acceptors (Lipinski definition) is 4. The summed E-state index contributed by atoms with van der Waals surface area (Å²) in [5.74, 6) is 0. The van der Waals surface area contributed by atoms with E-state index in [-0.39, 0.29) is 4.90 Å². The van der Waals surface area contributed by atoms with Crippen LogP contribution >= 0.6 is 23.4 Å². The van der Waals surface area contributed by atoms with Crippen LogP contribution in [0.15, 0.2) is 97.6 Å². The number of hydrogen-bond donors (Lipinski definition) is 0. The average Bonchev–Trinajstić information content (AvgIpc) is 2.99. The fraction of sp³-hybridized carbons (Fsp3) is 0.0500. The van der Waals surface area contributed by atoms with E-state index in [9.17, 15) is 8.42 Å². The molecule has 2 aliphatic rings. The molecule has 2 aromatic carbocycles. The molecule has 1 heterocycles. The minimum atomic E-state index is -3.84. The van der Waals surface area contributed by atoms with Crippen molar-refractivity contribution in [1.82, 2.24) is 0 Å². The van der Waals surface area contributed by atoms with Crippen LogP contribution in [0.3, 0.4) is 0 Å². The molecule has 0 atom stereocenters. The Morgan fingerprint density at radius 1 is 1.00 bits per heavy atom. The van der Waals surface area contributed by atoms with Crippen molar-refractivity contribution in [2.24, 2.45) is 4.40 Å². The predicted octanol–water partition coefficient (Wildman–Crippen LogP) is 5.05. The number of sulfonamides is 1. The maximum Gasteiger partial charge on any atom is 0.282 e. The number of benzene rings is 2. The second-order valence-electron chi connectivity index (χ2n) is 5.97. The zero-order valence-corrected chi connectivity index (χ0v) is 16.7. The number of thioether (sulfide) groups is 1. The van der Waals surface area contributed by atoms with Gasteiger partial charge in [0.25, 0.3) is 10.0 Å². The van der Waals surface area contributed by atoms with E-state index in [1.807, 2.05) is 43.5 Å². The smallest absolute Gasteiger partial charge is 0.282 e. The molecular weight excluding hydrogens is 400 g/mol. The van der Waals surface area contributed by atoms with E-state index in [1.54, 1.807) is 36.0 Å². The molecule has 0 amide bonds. The van der Waals surface area contributed by atoms with E-state index >= 15 is 0 Å². The Kier molecular flexibility index (Phi) is 4.72. The number of nitrogens with zero attached hydrogens (tertiary/aromatic N) is 2. The third-order valence-corrected chi connectivity index (χ3v) is 7.01. The highest BCUT2D eigenvalue weighted by Gasteiger charge is 2.26. The maximum absolute atomic E-state index is 12.7. The van der Waals surface area contributed by atoms with Gasteiger partial charge in [-0.1, -0.05) is 53.7 Å². The maximum atomic E-state index is 12.7. The van der Waals surface area contributed by atoms with E-state index < -0.39 is 10.0 Å². The molecule has 0 fully saturated rings. The van der Waals surface area contributed by atoms with Crippen molar-refractivity contribution >= 4 is 44.8 Å². The summed E-state index contributed by atoms with van der Waals surface area (Å²) in [4.78, 5) is 3.30. The molecule has 136 valence electrons. The van der Waals surface area contributed by atoms with Gasteiger partial charge in [0.05, 0.1) is 21.3 Å². The van der Waals surface area contributed by atoms with E-state index in [0.717, 1.165) is 21.2 Å². The largest absolute Gasteiger partial charge is 0.338 e. The van der Waals surface area contributed by atoms with Gasteiger partial charge in [-0.25, -0.2) is 0 Å². The Labute approximate surface area is 167 Å². The lowest BCUT2D eigenvalue weighted by Gasteiger charge is -2.18. The van der Waals surface area contributed by atoms with Crippen molar-refractivity contribution in [1.29, 1.82) is 0 Å². The summed E-state index contributed by atoms with van der Waals surface area (Å²) < 4.78 is 29.6. The summed E-state index contributed by atoms with van der Waals surface area (Å²) in [5, 5.41) is 1.42. The molecule has 27 heavy (non-hydrogen) atoms. The number of halogens is 1. The van der Waals surface area contributed by atoms with Gasteiger partial charge in [-0.05, 0) is 42.5 Å². The molecule has 0 unspecified atom stereocenters. The molecule has 0 aromatic heterocycles. The minimum Gasteiger partial charge on any atom is -0.338 e. The average molecular weight is 415 g/mol. The molecule has 0 bridgehead atoms. The van der Waals surface area contributed by atoms with Crippen molar-refractivity contribution in [3.63, 3.8) is 0 Å². The van der Waals surface area contributed by atoms with Crippen LogP contribution in [0.2, 0.25) is 5.02 Å². The summed E-state index contributed by atoms with van der Waals surface area (Å²) in [5.41, 5.74) is 2.28. The predicted molar refractivity (Wildman–Crippen MR) is 112 cm³/mol. The van der Waals surface area contributed by atoms with Gasteiger partial charge in [0.2, 0.25) is 0 Å². The number of para-hydroxylation sites is 1. The van der Waals surface area contributed by atoms with Gasteiger partial charge >= 0.3 is 0 Å². The summed E-state index contributed by atoms with van der Waals surface area (Å²) >= 11 is 7.46. The van der Waals surface area contributed by atoms with Gasteiger partial charge in [-0.15, -0.1) is 0 Å². The Morgan fingerprint density at radius 3 is 2.44 bits per heavy atom. The van der Waals surface area contributed by atoms with Crippen LogP contribution in [-0.2, 0) is 10.0 Å². The van der Waals surface area contributed by atoms with Crippen molar-refractivity contribution in [2.75, 3.05) is 11.9 Å². The quantitative estimate of drug-likeness (QED) is 0.690. The summed E-state index contributed by atoms with van der Waals surface area (Å²) in [6.07, 6.45) is 7.27. The molecule has 0 N–H and O–H groups in total. The highest BCUT2D eigenvalue weighted by molar-refractivity contribution is 8.03. The molecule has 0 radical (unpaired) electrons. The lowest BCUT2D eigenvalue weighted by Crippen LogP contribution is -2.16. The van der Waals surface area contributed by atoms with Crippen molar-refractivity contribution in [3.05, 3.63) is 88.5 Å². The van der Waals surface area contributed by atoms with Crippen LogP contribution in [0.1, 0.15) is 0 Å². The van der Waals surface area contributed by atoms with Crippen LogP contribution in [0.5, 0.6) is 0 Å². The van der Waals surface area contributed by atoms with Gasteiger partial charge in [-0.3, -0.25) is 0 Å². The Morgan fingerprint density at radius 2 is 1.70 bits per heavy atom. The Hall–Kier alpha value is -2.28. The normalized spacial score (nSPS) is 20.4. The second kappa shape index (κ2) is 7.03. The topological polar surface area (TPSA) is 49.7 Å². The molecule has 7 heteroatoms. The third kappa shape index (κ3) is 3.48. The summed E-state index contributed by atoms with van der Waals surface area (Å²) in [6, 6.07) is 14.1. The molecule has 0 saturated heterocycles. The summed E-state index contributed by atoms with van der Waals surface area (Å²) in [6.45, 7) is 0. The van der Waals surface area contributed by atoms with Crippen molar-refractivity contribution < 1.29 is 8.42 Å². The first-order valence-electron chi connectivity index (χ1n) is 8.16. The molecule has 4 nitrogen and oxygen atoms in total. The first-order valence-corrected chi connectivity index (χ1v) is 10.8. The van der Waals surface area contributed by atoms with Crippen LogP contribution in [0.4, 0.5) is 5.69 Å². The zero-order chi connectivity index (χ0) is 19.0. The number of fused-ring (bicyclic) bond motifs is 1. The molecule has 0 saturated carbocycles.